The lowest BCUT2D eigenvalue weighted by Crippen LogP contribution is -2.29. The van der Waals surface area contributed by atoms with E-state index < -0.39 is 0 Å². The monoisotopic (exact) mass is 297 g/mol. The van der Waals surface area contributed by atoms with Crippen LogP contribution in [0, 0.1) is 6.92 Å². The summed E-state index contributed by atoms with van der Waals surface area (Å²) in [5.41, 5.74) is 6.36. The second-order valence-electron chi connectivity index (χ2n) is 5.53. The molecule has 0 heterocycles. The Labute approximate surface area is 134 Å². The predicted molar refractivity (Wildman–Crippen MR) is 99.4 cm³/mol. The number of amidine groups is 1. The highest BCUT2D eigenvalue weighted by Crippen LogP contribution is 2.24. The molecule has 0 unspecified atom stereocenters. The van der Waals surface area contributed by atoms with E-state index in [-0.39, 0.29) is 0 Å². The van der Waals surface area contributed by atoms with Crippen molar-refractivity contribution in [2.45, 2.75) is 34.6 Å². The van der Waals surface area contributed by atoms with Crippen molar-refractivity contribution in [1.29, 1.82) is 0 Å². The van der Waals surface area contributed by atoms with Gasteiger partial charge in [-0.25, -0.2) is 4.99 Å². The maximum atomic E-state index is 4.61. The Bertz CT molecular complexity index is 649. The molecule has 22 heavy (non-hydrogen) atoms. The number of likely N-dealkylation sites (N-methyl/N-ethyl adjacent to an activating group) is 1. The molecule has 0 spiro atoms. The molecule has 0 N–H and O–H groups in total. The van der Waals surface area contributed by atoms with Crippen LogP contribution < -0.4 is 4.90 Å². The summed E-state index contributed by atoms with van der Waals surface area (Å²) < 4.78 is 0. The molecule has 0 aliphatic rings. The fourth-order valence-electron chi connectivity index (χ4n) is 2.20. The van der Waals surface area contributed by atoms with E-state index in [2.05, 4.69) is 59.6 Å². The molecule has 0 atom stereocenters. The zero-order valence-corrected chi connectivity index (χ0v) is 14.9. The molecule has 0 saturated carbocycles. The predicted octanol–water partition coefficient (Wildman–Crippen LogP) is 4.77. The van der Waals surface area contributed by atoms with Gasteiger partial charge in [-0.3, -0.25) is 4.99 Å². The van der Waals surface area contributed by atoms with Crippen molar-refractivity contribution in [3.05, 3.63) is 53.3 Å². The normalized spacial score (nSPS) is 13.3. The molecule has 0 bridgehead atoms. The number of nitrogens with zero attached hydrogens (tertiary/aromatic N) is 3. The molecule has 3 heteroatoms. The smallest absolute Gasteiger partial charge is 0.135 e. The maximum absolute atomic E-state index is 4.61. The van der Waals surface area contributed by atoms with E-state index in [1.165, 1.54) is 5.56 Å². The van der Waals surface area contributed by atoms with Gasteiger partial charge in [-0.2, -0.15) is 0 Å². The Morgan fingerprint density at radius 3 is 2.36 bits per heavy atom. The van der Waals surface area contributed by atoms with E-state index in [0.29, 0.717) is 0 Å². The number of hydrogen-bond acceptors (Lipinski definition) is 2. The average molecular weight is 297 g/mol. The van der Waals surface area contributed by atoms with Crippen molar-refractivity contribution < 1.29 is 0 Å². The summed E-state index contributed by atoms with van der Waals surface area (Å²) in [6.07, 6.45) is 2.06. The van der Waals surface area contributed by atoms with Crippen molar-refractivity contribution in [3.63, 3.8) is 0 Å². The van der Waals surface area contributed by atoms with Gasteiger partial charge in [0.25, 0.3) is 0 Å². The quantitative estimate of drug-likeness (QED) is 0.581. The lowest BCUT2D eigenvalue weighted by atomic mass is 10.0. The van der Waals surface area contributed by atoms with Gasteiger partial charge in [-0.15, -0.1) is 0 Å². The molecule has 1 aromatic rings. The van der Waals surface area contributed by atoms with E-state index >= 15 is 0 Å². The minimum absolute atomic E-state index is 0.789. The minimum Gasteiger partial charge on any atom is -0.329 e. The second-order valence-corrected chi connectivity index (χ2v) is 5.53. The highest BCUT2D eigenvalue weighted by atomic mass is 15.2. The number of rotatable bonds is 4. The fraction of sp³-hybridized carbons (Fsp3) is 0.368. The molecule has 0 aromatic heterocycles. The third kappa shape index (κ3) is 4.17. The number of allylic oxidation sites excluding steroid dienone is 2. The number of hydrogen-bond donors (Lipinski definition) is 0. The third-order valence-electron chi connectivity index (χ3n) is 3.64. The van der Waals surface area contributed by atoms with E-state index in [0.717, 1.165) is 34.1 Å². The van der Waals surface area contributed by atoms with Gasteiger partial charge in [0, 0.05) is 31.1 Å². The van der Waals surface area contributed by atoms with Gasteiger partial charge in [0.05, 0.1) is 5.69 Å². The zero-order chi connectivity index (χ0) is 16.9. The fourth-order valence-corrected chi connectivity index (χ4v) is 2.20. The Morgan fingerprint density at radius 2 is 1.86 bits per heavy atom. The summed E-state index contributed by atoms with van der Waals surface area (Å²) in [7, 11) is 3.85. The van der Waals surface area contributed by atoms with Gasteiger partial charge in [0.2, 0.25) is 0 Å². The Kier molecular flexibility index (Phi) is 6.29. The third-order valence-corrected chi connectivity index (χ3v) is 3.64. The van der Waals surface area contributed by atoms with Crippen LogP contribution in [0.3, 0.4) is 0 Å². The van der Waals surface area contributed by atoms with Gasteiger partial charge in [0.15, 0.2) is 0 Å². The Hall–Kier alpha value is -2.16. The summed E-state index contributed by atoms with van der Waals surface area (Å²) in [6, 6.07) is 6.40. The van der Waals surface area contributed by atoms with E-state index in [4.69, 9.17) is 0 Å². The first-order valence-corrected chi connectivity index (χ1v) is 7.47. The van der Waals surface area contributed by atoms with Crippen LogP contribution in [0.25, 0.3) is 0 Å². The van der Waals surface area contributed by atoms with Crippen molar-refractivity contribution in [2.75, 3.05) is 19.0 Å². The van der Waals surface area contributed by atoms with Gasteiger partial charge in [-0.05, 0) is 52.3 Å². The molecule has 0 radical (unpaired) electrons. The lowest BCUT2D eigenvalue weighted by Gasteiger charge is -2.25. The summed E-state index contributed by atoms with van der Waals surface area (Å²) in [6.45, 7) is 14.0. The number of aliphatic imine (C=N–C) groups is 2. The SMILES string of the molecule is C=C(C)/N=C(\C(C)=C/C)N(C)c1ccc(C)cc1/C(C)=N\C. The minimum atomic E-state index is 0.789. The van der Waals surface area contributed by atoms with Crippen LogP contribution in [-0.4, -0.2) is 25.6 Å². The topological polar surface area (TPSA) is 28.0 Å². The van der Waals surface area contributed by atoms with Crippen LogP contribution in [0.15, 0.2) is 52.1 Å². The summed E-state index contributed by atoms with van der Waals surface area (Å²) in [5, 5.41) is 0. The van der Waals surface area contributed by atoms with Gasteiger partial charge in [0.1, 0.15) is 5.84 Å². The number of aryl methyl sites for hydroxylation is 1. The van der Waals surface area contributed by atoms with Gasteiger partial charge < -0.3 is 4.90 Å². The maximum Gasteiger partial charge on any atom is 0.135 e. The van der Waals surface area contributed by atoms with E-state index in [1.54, 1.807) is 0 Å². The van der Waals surface area contributed by atoms with Crippen LogP contribution in [0.2, 0.25) is 0 Å². The standard InChI is InChI=1S/C19H27N3/c1-9-15(5)19(21-13(2)3)22(8)18-11-10-14(4)12-17(18)16(6)20-7/h9-12H,2H2,1,3-8H3/b15-9-,20-16-,21-19+. The van der Waals surface area contributed by atoms with Crippen LogP contribution >= 0.6 is 0 Å². The molecule has 1 aromatic carbocycles. The number of anilines is 1. The van der Waals surface area contributed by atoms with E-state index in [1.807, 2.05) is 34.9 Å². The molecule has 0 amide bonds. The zero-order valence-electron chi connectivity index (χ0n) is 14.9. The van der Waals surface area contributed by atoms with Gasteiger partial charge in [-0.1, -0.05) is 24.3 Å². The summed E-state index contributed by atoms with van der Waals surface area (Å²) in [4.78, 5) is 11.1. The molecule has 0 saturated heterocycles. The molecule has 3 nitrogen and oxygen atoms in total. The molecule has 118 valence electrons. The van der Waals surface area contributed by atoms with Gasteiger partial charge >= 0.3 is 0 Å². The molecule has 0 fully saturated rings. The Balaban J connectivity index is 3.49. The van der Waals surface area contributed by atoms with Crippen molar-refractivity contribution in [2.24, 2.45) is 9.98 Å². The summed E-state index contributed by atoms with van der Waals surface area (Å²) in [5.74, 6) is 0.906. The van der Waals surface area contributed by atoms with Crippen molar-refractivity contribution in [3.8, 4) is 0 Å². The van der Waals surface area contributed by atoms with Crippen LogP contribution in [0.5, 0.6) is 0 Å². The molecular formula is C19H27N3. The highest BCUT2D eigenvalue weighted by Gasteiger charge is 2.15. The number of benzene rings is 1. The van der Waals surface area contributed by atoms with Crippen LogP contribution in [0.4, 0.5) is 5.69 Å². The molecule has 0 aliphatic heterocycles. The first kappa shape index (κ1) is 17.9. The first-order valence-electron chi connectivity index (χ1n) is 7.47. The second kappa shape index (κ2) is 7.74. The van der Waals surface area contributed by atoms with E-state index in [9.17, 15) is 0 Å². The highest BCUT2D eigenvalue weighted by molar-refractivity contribution is 6.13. The van der Waals surface area contributed by atoms with Crippen LogP contribution in [-0.2, 0) is 0 Å². The van der Waals surface area contributed by atoms with Crippen molar-refractivity contribution >= 4 is 17.2 Å². The van der Waals surface area contributed by atoms with Crippen LogP contribution in [0.1, 0.15) is 38.8 Å². The molecule has 1 rings (SSSR count). The average Bonchev–Trinajstić information content (AvgIpc) is 2.50. The Morgan fingerprint density at radius 1 is 1.23 bits per heavy atom. The lowest BCUT2D eigenvalue weighted by molar-refractivity contribution is 1.19. The first-order chi connectivity index (χ1) is 10.3. The summed E-state index contributed by atoms with van der Waals surface area (Å²) >= 11 is 0. The molecular weight excluding hydrogens is 270 g/mol. The largest absolute Gasteiger partial charge is 0.329 e. The molecule has 0 aliphatic carbocycles. The van der Waals surface area contributed by atoms with Crippen molar-refractivity contribution in [1.82, 2.24) is 0 Å².